The molecule has 0 saturated carbocycles. The number of phenolic OH excluding ortho intramolecular Hbond substituents is 1. The Morgan fingerprint density at radius 1 is 1.10 bits per heavy atom. The number of carbonyl (C=O) groups is 2. The van der Waals surface area contributed by atoms with Crippen LogP contribution < -0.4 is 15.4 Å². The summed E-state index contributed by atoms with van der Waals surface area (Å²) in [5.74, 6) is -0.218. The number of hydrogen-bond acceptors (Lipinski definition) is 8. The van der Waals surface area contributed by atoms with E-state index >= 15 is 0 Å². The van der Waals surface area contributed by atoms with Crippen molar-refractivity contribution in [1.29, 1.82) is 0 Å². The lowest BCUT2D eigenvalue weighted by Crippen LogP contribution is -2.64. The average Bonchev–Trinajstić information content (AvgIpc) is 3.34. The number of carbonyl (C=O) groups excluding carboxylic acids is 1. The minimum Gasteiger partial charge on any atom is -0.506 e. The standard InChI is InChI=1S/C29H41N5O7S/c1-20-4-3-17-34(20,29(38)39)28(37)33-15-12-24(13-16-33)31-23-8-5-21(6-9-23)11-14-30-19-27(36)22-7-10-26(35)25(18-22)32-42(2,40)41/h5-10,18,20,24,27,30-32,36H,3-4,11-17,19H2,1-2H3,(H-,35,38,39)/p+1/t20-,27+,34?/m1/s1. The third-order valence-electron chi connectivity index (χ3n) is 8.29. The van der Waals surface area contributed by atoms with Crippen molar-refractivity contribution in [2.45, 2.75) is 57.2 Å². The van der Waals surface area contributed by atoms with E-state index in [1.165, 1.54) is 12.1 Å². The van der Waals surface area contributed by atoms with Gasteiger partial charge in [-0.05, 0) is 68.1 Å². The molecule has 2 aromatic carbocycles. The Balaban J connectivity index is 1.19. The van der Waals surface area contributed by atoms with Crippen LogP contribution in [0.3, 0.4) is 0 Å². The summed E-state index contributed by atoms with van der Waals surface area (Å²) in [7, 11) is -3.56. The minimum atomic E-state index is -3.56. The molecule has 230 valence electrons. The fourth-order valence-electron chi connectivity index (χ4n) is 5.83. The van der Waals surface area contributed by atoms with Crippen LogP contribution in [0.15, 0.2) is 42.5 Å². The number of nitrogens with zero attached hydrogens (tertiary/aromatic N) is 2. The Morgan fingerprint density at radius 2 is 1.79 bits per heavy atom. The molecule has 4 rings (SSSR count). The first-order valence-corrected chi connectivity index (χ1v) is 16.2. The van der Waals surface area contributed by atoms with E-state index in [0.29, 0.717) is 31.7 Å². The van der Waals surface area contributed by atoms with Gasteiger partial charge in [0.25, 0.3) is 0 Å². The largest absolute Gasteiger partial charge is 0.523 e. The lowest BCUT2D eigenvalue weighted by Gasteiger charge is -2.38. The summed E-state index contributed by atoms with van der Waals surface area (Å²) >= 11 is 0. The second-order valence-corrected chi connectivity index (χ2v) is 13.1. The van der Waals surface area contributed by atoms with E-state index in [9.17, 15) is 33.3 Å². The van der Waals surface area contributed by atoms with E-state index < -0.39 is 26.7 Å². The molecule has 0 radical (unpaired) electrons. The lowest BCUT2D eigenvalue weighted by molar-refractivity contribution is -0.791. The van der Waals surface area contributed by atoms with E-state index in [-0.39, 0.29) is 36.1 Å². The maximum atomic E-state index is 13.2. The second-order valence-electron chi connectivity index (χ2n) is 11.4. The van der Waals surface area contributed by atoms with Crippen LogP contribution >= 0.6 is 0 Å². The monoisotopic (exact) mass is 604 g/mol. The Kier molecular flexibility index (Phi) is 9.97. The molecule has 12 nitrogen and oxygen atoms in total. The number of imide groups is 1. The first-order chi connectivity index (χ1) is 19.9. The van der Waals surface area contributed by atoms with Crippen molar-refractivity contribution in [3.63, 3.8) is 0 Å². The van der Waals surface area contributed by atoms with Gasteiger partial charge in [0.15, 0.2) is 0 Å². The molecule has 13 heteroatoms. The zero-order valence-corrected chi connectivity index (χ0v) is 24.9. The number of sulfonamides is 1. The zero-order valence-electron chi connectivity index (χ0n) is 24.1. The Morgan fingerprint density at radius 3 is 2.38 bits per heavy atom. The average molecular weight is 605 g/mol. The third kappa shape index (κ3) is 7.51. The fraction of sp³-hybridized carbons (Fsp3) is 0.517. The summed E-state index contributed by atoms with van der Waals surface area (Å²) in [6.07, 6.45) is 2.80. The van der Waals surface area contributed by atoms with Gasteiger partial charge in [-0.25, -0.2) is 13.2 Å². The molecule has 2 aliphatic heterocycles. The fourth-order valence-corrected chi connectivity index (χ4v) is 6.39. The summed E-state index contributed by atoms with van der Waals surface area (Å²) < 4.78 is 24.7. The molecule has 2 aliphatic rings. The van der Waals surface area contributed by atoms with Gasteiger partial charge in [0.2, 0.25) is 10.0 Å². The van der Waals surface area contributed by atoms with Crippen molar-refractivity contribution in [2.24, 2.45) is 0 Å². The first kappa shape index (κ1) is 31.5. The molecule has 6 N–H and O–H groups in total. The SMILES string of the molecule is C[C@@H]1CCC[N+]1(C(=O)O)C(=O)N1CCC(Nc2ccc(CCNC[C@H](O)c3ccc(O)c(NS(C)(=O)=O)c3)cc2)CC1. The molecule has 0 bridgehead atoms. The molecule has 0 spiro atoms. The number of quaternary nitrogens is 1. The van der Waals surface area contributed by atoms with Crippen LogP contribution in [-0.4, -0.2) is 96.3 Å². The summed E-state index contributed by atoms with van der Waals surface area (Å²) in [5, 5.41) is 37.0. The summed E-state index contributed by atoms with van der Waals surface area (Å²) in [6, 6.07) is 12.1. The molecule has 3 amide bonds. The number of benzene rings is 2. The Bertz CT molecular complexity index is 1360. The van der Waals surface area contributed by atoms with E-state index in [0.717, 1.165) is 49.6 Å². The van der Waals surface area contributed by atoms with E-state index in [1.807, 2.05) is 31.2 Å². The van der Waals surface area contributed by atoms with Gasteiger partial charge >= 0.3 is 12.1 Å². The van der Waals surface area contributed by atoms with Gasteiger partial charge in [-0.15, -0.1) is 4.48 Å². The molecule has 42 heavy (non-hydrogen) atoms. The van der Waals surface area contributed by atoms with Gasteiger partial charge in [0.05, 0.1) is 24.6 Å². The Labute approximate surface area is 247 Å². The highest BCUT2D eigenvalue weighted by atomic mass is 32.2. The summed E-state index contributed by atoms with van der Waals surface area (Å²) in [5.41, 5.74) is 2.60. The summed E-state index contributed by atoms with van der Waals surface area (Å²) in [6.45, 7) is 4.16. The highest BCUT2D eigenvalue weighted by Gasteiger charge is 2.55. The zero-order chi connectivity index (χ0) is 30.5. The molecular formula is C29H42N5O7S+. The molecule has 2 saturated heterocycles. The van der Waals surface area contributed by atoms with Crippen molar-refractivity contribution in [3.8, 4) is 5.75 Å². The molecule has 0 aromatic heterocycles. The molecule has 2 fully saturated rings. The molecule has 2 heterocycles. The van der Waals surface area contributed by atoms with Crippen molar-refractivity contribution in [2.75, 3.05) is 49.0 Å². The predicted octanol–water partition coefficient (Wildman–Crippen LogP) is 3.30. The maximum Gasteiger partial charge on any atom is 0.523 e. The molecule has 3 atom stereocenters. The highest BCUT2D eigenvalue weighted by Crippen LogP contribution is 2.31. The van der Waals surface area contributed by atoms with Crippen molar-refractivity contribution in [3.05, 3.63) is 53.6 Å². The summed E-state index contributed by atoms with van der Waals surface area (Å²) in [4.78, 5) is 27.0. The number of carboxylic acid groups (broad SMARTS) is 1. The van der Waals surface area contributed by atoms with Crippen molar-refractivity contribution < 1.29 is 37.8 Å². The van der Waals surface area contributed by atoms with Crippen LogP contribution in [0.4, 0.5) is 21.0 Å². The predicted molar refractivity (Wildman–Crippen MR) is 160 cm³/mol. The number of nitrogens with one attached hydrogen (secondary N) is 3. The number of aromatic hydroxyl groups is 1. The maximum absolute atomic E-state index is 13.2. The number of phenols is 1. The molecular weight excluding hydrogens is 562 g/mol. The van der Waals surface area contributed by atoms with Crippen LogP contribution in [0.5, 0.6) is 5.75 Å². The van der Waals surface area contributed by atoms with Crippen molar-refractivity contribution >= 4 is 33.5 Å². The molecule has 2 aromatic rings. The van der Waals surface area contributed by atoms with Gasteiger partial charge in [-0.1, -0.05) is 18.2 Å². The second kappa shape index (κ2) is 13.3. The number of anilines is 2. The normalized spacial score (nSPS) is 22.1. The number of rotatable bonds is 10. The number of piperidine rings is 1. The minimum absolute atomic E-state index is 0.0197. The third-order valence-corrected chi connectivity index (χ3v) is 8.88. The number of likely N-dealkylation sites (tertiary alicyclic amines) is 2. The van der Waals surface area contributed by atoms with Gasteiger partial charge in [-0.2, -0.15) is 4.79 Å². The molecule has 0 aliphatic carbocycles. The topological polar surface area (TPSA) is 168 Å². The van der Waals surface area contributed by atoms with Crippen molar-refractivity contribution in [1.82, 2.24) is 10.2 Å². The van der Waals surface area contributed by atoms with Crippen LogP contribution in [0.1, 0.15) is 49.8 Å². The quantitative estimate of drug-likeness (QED) is 0.135. The lowest BCUT2D eigenvalue weighted by atomic mass is 10.0. The van der Waals surface area contributed by atoms with Gasteiger partial charge in [0.1, 0.15) is 11.8 Å². The van der Waals surface area contributed by atoms with Gasteiger partial charge in [0, 0.05) is 44.2 Å². The van der Waals surface area contributed by atoms with E-state index in [1.54, 1.807) is 11.0 Å². The smallest absolute Gasteiger partial charge is 0.506 e. The number of aliphatic hydroxyl groups is 1. The van der Waals surface area contributed by atoms with Crippen LogP contribution in [0.2, 0.25) is 0 Å². The Hall–Kier alpha value is -3.39. The number of amides is 3. The first-order valence-electron chi connectivity index (χ1n) is 14.3. The van der Waals surface area contributed by atoms with Crippen LogP contribution in [-0.2, 0) is 16.4 Å². The highest BCUT2D eigenvalue weighted by molar-refractivity contribution is 7.92. The van der Waals surface area contributed by atoms with E-state index in [2.05, 4.69) is 15.4 Å². The van der Waals surface area contributed by atoms with Gasteiger partial charge in [-0.3, -0.25) is 9.62 Å². The van der Waals surface area contributed by atoms with Crippen LogP contribution in [0, 0.1) is 0 Å². The van der Waals surface area contributed by atoms with E-state index in [4.69, 9.17) is 0 Å². The number of aliphatic hydroxyl groups excluding tert-OH is 1. The van der Waals surface area contributed by atoms with Gasteiger partial charge < -0.3 is 26.0 Å². The molecule has 1 unspecified atom stereocenters. The number of hydrogen-bond donors (Lipinski definition) is 6. The van der Waals surface area contributed by atoms with Crippen LogP contribution in [0.25, 0.3) is 0 Å². The number of urea groups is 1.